The second-order valence-electron chi connectivity index (χ2n) is 5.34. The van der Waals surface area contributed by atoms with Crippen molar-refractivity contribution < 1.29 is 23.8 Å². The van der Waals surface area contributed by atoms with E-state index in [2.05, 4.69) is 0 Å². The second-order valence-corrected chi connectivity index (χ2v) is 5.34. The van der Waals surface area contributed by atoms with Crippen molar-refractivity contribution in [2.45, 2.75) is 32.0 Å². The molecular formula is C16H16O6. The highest BCUT2D eigenvalue weighted by atomic mass is 16.7. The average molecular weight is 304 g/mol. The second kappa shape index (κ2) is 5.14. The molecule has 0 amide bonds. The van der Waals surface area contributed by atoms with E-state index < -0.39 is 23.3 Å². The zero-order valence-electron chi connectivity index (χ0n) is 12.3. The first-order valence-electron chi connectivity index (χ1n) is 7.10. The van der Waals surface area contributed by atoms with Gasteiger partial charge < -0.3 is 19.0 Å². The maximum absolute atomic E-state index is 12.2. The van der Waals surface area contributed by atoms with E-state index in [9.17, 15) is 14.7 Å². The van der Waals surface area contributed by atoms with Crippen LogP contribution in [0.4, 0.5) is 0 Å². The molecule has 1 aromatic heterocycles. The Morgan fingerprint density at radius 3 is 2.91 bits per heavy atom. The van der Waals surface area contributed by atoms with Gasteiger partial charge in [0.15, 0.2) is 0 Å². The van der Waals surface area contributed by atoms with Crippen LogP contribution < -0.4 is 10.4 Å². The van der Waals surface area contributed by atoms with E-state index in [1.54, 1.807) is 38.1 Å². The quantitative estimate of drug-likeness (QED) is 0.674. The Hall–Kier alpha value is -2.34. The molecule has 1 N–H and O–H groups in total. The molecule has 0 bridgehead atoms. The lowest BCUT2D eigenvalue weighted by atomic mass is 9.89. The number of ether oxygens (including phenoxy) is 2. The Labute approximate surface area is 126 Å². The van der Waals surface area contributed by atoms with E-state index in [0.29, 0.717) is 16.5 Å². The van der Waals surface area contributed by atoms with Crippen molar-refractivity contribution in [2.75, 3.05) is 6.61 Å². The summed E-state index contributed by atoms with van der Waals surface area (Å²) < 4.78 is 15.7. The third-order valence-corrected chi connectivity index (χ3v) is 3.74. The number of fused-ring (bicyclic) bond motifs is 3. The molecule has 2 aromatic rings. The molecule has 1 aliphatic heterocycles. The Morgan fingerprint density at radius 2 is 2.18 bits per heavy atom. The number of esters is 1. The zero-order valence-corrected chi connectivity index (χ0v) is 12.3. The summed E-state index contributed by atoms with van der Waals surface area (Å²) >= 11 is 0. The lowest BCUT2D eigenvalue weighted by Gasteiger charge is -2.34. The van der Waals surface area contributed by atoms with Gasteiger partial charge in [-0.15, -0.1) is 0 Å². The van der Waals surface area contributed by atoms with Crippen molar-refractivity contribution in [1.29, 1.82) is 0 Å². The predicted molar refractivity (Wildman–Crippen MR) is 77.7 cm³/mol. The highest BCUT2D eigenvalue weighted by Crippen LogP contribution is 2.42. The van der Waals surface area contributed by atoms with Gasteiger partial charge in [0.2, 0.25) is 0 Å². The number of benzene rings is 1. The number of rotatable bonds is 2. The Bertz CT molecular complexity index is 793. The maximum Gasteiger partial charge on any atom is 0.379 e. The molecule has 2 unspecified atom stereocenters. The van der Waals surface area contributed by atoms with Gasteiger partial charge in [-0.25, -0.2) is 9.59 Å². The molecule has 0 aliphatic carbocycles. The summed E-state index contributed by atoms with van der Waals surface area (Å²) in [7, 11) is 0. The fourth-order valence-electron chi connectivity index (χ4n) is 2.77. The fourth-order valence-corrected chi connectivity index (χ4v) is 2.77. The molecule has 2 atom stereocenters. The van der Waals surface area contributed by atoms with Crippen LogP contribution in [0.15, 0.2) is 33.5 Å². The van der Waals surface area contributed by atoms with Gasteiger partial charge in [-0.05, 0) is 25.0 Å². The molecule has 22 heavy (non-hydrogen) atoms. The highest BCUT2D eigenvalue weighted by molar-refractivity contribution is 5.86. The van der Waals surface area contributed by atoms with Crippen LogP contribution in [0.25, 0.3) is 11.0 Å². The highest BCUT2D eigenvalue weighted by Gasteiger charge is 2.47. The largest absolute Gasteiger partial charge is 0.461 e. The van der Waals surface area contributed by atoms with Gasteiger partial charge in [0.1, 0.15) is 11.3 Å². The molecule has 0 radical (unpaired) electrons. The SMILES string of the molecule is CCOC(=O)C1(O)CC(C)c2c(c3ccccc3oc2=O)O1. The number of aliphatic hydroxyl groups is 1. The molecule has 0 saturated carbocycles. The summed E-state index contributed by atoms with van der Waals surface area (Å²) in [5.41, 5.74) is 0.145. The molecule has 6 nitrogen and oxygen atoms in total. The van der Waals surface area contributed by atoms with Crippen molar-refractivity contribution in [3.8, 4) is 5.75 Å². The first kappa shape index (κ1) is 14.6. The lowest BCUT2D eigenvalue weighted by molar-refractivity contribution is -0.205. The number of carbonyl (C=O) groups is 1. The summed E-state index contributed by atoms with van der Waals surface area (Å²) in [6.45, 7) is 3.51. The molecule has 1 aromatic carbocycles. The summed E-state index contributed by atoms with van der Waals surface area (Å²) in [5.74, 6) is -3.18. The van der Waals surface area contributed by atoms with Gasteiger partial charge >= 0.3 is 17.4 Å². The summed E-state index contributed by atoms with van der Waals surface area (Å²) in [6, 6.07) is 6.82. The van der Waals surface area contributed by atoms with Gasteiger partial charge in [0.05, 0.1) is 17.6 Å². The predicted octanol–water partition coefficient (Wildman–Crippen LogP) is 1.93. The van der Waals surface area contributed by atoms with Crippen molar-refractivity contribution in [3.63, 3.8) is 0 Å². The lowest BCUT2D eigenvalue weighted by Crippen LogP contribution is -2.49. The van der Waals surface area contributed by atoms with Crippen LogP contribution in [-0.4, -0.2) is 23.5 Å². The van der Waals surface area contributed by atoms with E-state index >= 15 is 0 Å². The van der Waals surface area contributed by atoms with Crippen molar-refractivity contribution in [3.05, 3.63) is 40.2 Å². The van der Waals surface area contributed by atoms with Gasteiger partial charge in [0.25, 0.3) is 0 Å². The van der Waals surface area contributed by atoms with Crippen molar-refractivity contribution in [1.82, 2.24) is 0 Å². The third kappa shape index (κ3) is 2.16. The van der Waals surface area contributed by atoms with Crippen LogP contribution in [0.1, 0.15) is 31.7 Å². The summed E-state index contributed by atoms with van der Waals surface area (Å²) in [5, 5.41) is 11.0. The molecule has 0 fully saturated rings. The molecule has 116 valence electrons. The molecule has 0 saturated heterocycles. The number of para-hydroxylation sites is 1. The molecule has 1 aliphatic rings. The monoisotopic (exact) mass is 304 g/mol. The number of hydrogen-bond acceptors (Lipinski definition) is 6. The summed E-state index contributed by atoms with van der Waals surface area (Å²) in [6.07, 6.45) is -0.0675. The minimum Gasteiger partial charge on any atom is -0.461 e. The molecule has 3 rings (SSSR count). The van der Waals surface area contributed by atoms with E-state index in [-0.39, 0.29) is 18.8 Å². The molecule has 6 heteroatoms. The van der Waals surface area contributed by atoms with Crippen LogP contribution in [0.3, 0.4) is 0 Å². The Balaban J connectivity index is 2.20. The Kier molecular flexibility index (Phi) is 3.41. The molecule has 2 heterocycles. The van der Waals surface area contributed by atoms with E-state index in [1.807, 2.05) is 0 Å². The first-order valence-corrected chi connectivity index (χ1v) is 7.10. The zero-order chi connectivity index (χ0) is 15.9. The van der Waals surface area contributed by atoms with Gasteiger partial charge in [-0.3, -0.25) is 0 Å². The van der Waals surface area contributed by atoms with Crippen LogP contribution in [0.5, 0.6) is 5.75 Å². The minimum atomic E-state index is -2.10. The van der Waals surface area contributed by atoms with Crippen molar-refractivity contribution in [2.24, 2.45) is 0 Å². The number of hydrogen-bond donors (Lipinski definition) is 1. The van der Waals surface area contributed by atoms with E-state index in [1.165, 1.54) is 0 Å². The smallest absolute Gasteiger partial charge is 0.379 e. The van der Waals surface area contributed by atoms with Crippen LogP contribution in [0.2, 0.25) is 0 Å². The number of carbonyl (C=O) groups excluding carboxylic acids is 1. The maximum atomic E-state index is 12.2. The normalized spacial score (nSPS) is 23.7. The van der Waals surface area contributed by atoms with Crippen LogP contribution >= 0.6 is 0 Å². The van der Waals surface area contributed by atoms with E-state index in [0.717, 1.165) is 0 Å². The van der Waals surface area contributed by atoms with Crippen LogP contribution in [-0.2, 0) is 9.53 Å². The molecule has 0 spiro atoms. The minimum absolute atomic E-state index is 0.0675. The first-order chi connectivity index (χ1) is 10.5. The topological polar surface area (TPSA) is 86.0 Å². The van der Waals surface area contributed by atoms with Crippen molar-refractivity contribution >= 4 is 16.9 Å². The van der Waals surface area contributed by atoms with Crippen LogP contribution in [0, 0.1) is 0 Å². The standard InChI is InChI=1S/C16H16O6/c1-3-20-15(18)16(19)8-9(2)12-13(22-16)10-6-4-5-7-11(10)21-14(12)17/h4-7,9,19H,3,8H2,1-2H3. The van der Waals surface area contributed by atoms with Gasteiger partial charge in [-0.1, -0.05) is 19.1 Å². The third-order valence-electron chi connectivity index (χ3n) is 3.74. The fraction of sp³-hybridized carbons (Fsp3) is 0.375. The summed E-state index contributed by atoms with van der Waals surface area (Å²) in [4.78, 5) is 24.1. The Morgan fingerprint density at radius 1 is 1.45 bits per heavy atom. The average Bonchev–Trinajstić information content (AvgIpc) is 2.47. The van der Waals surface area contributed by atoms with E-state index in [4.69, 9.17) is 13.9 Å². The van der Waals surface area contributed by atoms with Gasteiger partial charge in [-0.2, -0.15) is 0 Å². The molecular weight excluding hydrogens is 288 g/mol. The van der Waals surface area contributed by atoms with Gasteiger partial charge in [0, 0.05) is 6.42 Å².